The summed E-state index contributed by atoms with van der Waals surface area (Å²) < 4.78 is 0. The van der Waals surface area contributed by atoms with Crippen LogP contribution in [0.15, 0.2) is 29.2 Å². The average Bonchev–Trinajstić information content (AvgIpc) is 3.16. The van der Waals surface area contributed by atoms with Gasteiger partial charge >= 0.3 is 0 Å². The maximum absolute atomic E-state index is 12.7. The number of rotatable bonds is 3. The van der Waals surface area contributed by atoms with E-state index in [1.807, 2.05) is 24.3 Å². The quantitative estimate of drug-likeness (QED) is 0.869. The number of hydrogen-bond donors (Lipinski definition) is 1. The molecule has 0 bridgehead atoms. The molecule has 2 atom stereocenters. The van der Waals surface area contributed by atoms with Gasteiger partial charge in [-0.2, -0.15) is 0 Å². The van der Waals surface area contributed by atoms with E-state index in [1.165, 1.54) is 17.7 Å². The van der Waals surface area contributed by atoms with Gasteiger partial charge < -0.3 is 10.2 Å². The van der Waals surface area contributed by atoms with Gasteiger partial charge in [0, 0.05) is 29.1 Å². The molecule has 4 heteroatoms. The lowest BCUT2D eigenvalue weighted by molar-refractivity contribution is 0.0711. The minimum absolute atomic E-state index is 0.203. The fraction of sp³-hybridized carbons (Fsp3) is 0.562. The fourth-order valence-corrected chi connectivity index (χ4v) is 3.81. The van der Waals surface area contributed by atoms with Crippen molar-refractivity contribution in [2.45, 2.75) is 42.7 Å². The Balaban J connectivity index is 1.74. The molecule has 3 rings (SSSR count). The highest BCUT2D eigenvalue weighted by atomic mass is 32.2. The summed E-state index contributed by atoms with van der Waals surface area (Å²) in [4.78, 5) is 16.0. The first-order valence-electron chi connectivity index (χ1n) is 7.48. The second-order valence-electron chi connectivity index (χ2n) is 5.64. The monoisotopic (exact) mass is 290 g/mol. The molecule has 3 nitrogen and oxygen atoms in total. The summed E-state index contributed by atoms with van der Waals surface area (Å²) in [5, 5.41) is 3.56. The van der Waals surface area contributed by atoms with Gasteiger partial charge in [-0.1, -0.05) is 0 Å². The number of carbonyl (C=O) groups is 1. The topological polar surface area (TPSA) is 32.3 Å². The summed E-state index contributed by atoms with van der Waals surface area (Å²) in [6, 6.07) is 8.90. The number of nitrogens with zero attached hydrogens (tertiary/aromatic N) is 1. The van der Waals surface area contributed by atoms with Crippen LogP contribution >= 0.6 is 11.8 Å². The molecule has 2 saturated heterocycles. The van der Waals surface area contributed by atoms with Gasteiger partial charge in [-0.05, 0) is 62.7 Å². The summed E-state index contributed by atoms with van der Waals surface area (Å²) in [6.45, 7) is 2.01. The van der Waals surface area contributed by atoms with Crippen molar-refractivity contribution in [3.63, 3.8) is 0 Å². The molecule has 2 heterocycles. The van der Waals surface area contributed by atoms with Gasteiger partial charge in [0.15, 0.2) is 0 Å². The van der Waals surface area contributed by atoms with Gasteiger partial charge in [0.2, 0.25) is 0 Å². The Kier molecular flexibility index (Phi) is 4.32. The Morgan fingerprint density at radius 3 is 2.70 bits per heavy atom. The molecule has 0 radical (unpaired) electrons. The molecule has 0 saturated carbocycles. The number of nitrogens with one attached hydrogen (secondary N) is 1. The molecule has 20 heavy (non-hydrogen) atoms. The van der Waals surface area contributed by atoms with Crippen molar-refractivity contribution in [2.75, 3.05) is 19.3 Å². The van der Waals surface area contributed by atoms with Crippen molar-refractivity contribution in [3.8, 4) is 0 Å². The van der Waals surface area contributed by atoms with E-state index in [2.05, 4.69) is 16.5 Å². The number of amides is 1. The van der Waals surface area contributed by atoms with Crippen LogP contribution in [0.25, 0.3) is 0 Å². The Bertz CT molecular complexity index is 468. The molecule has 2 aliphatic heterocycles. The molecule has 1 aromatic rings. The van der Waals surface area contributed by atoms with Crippen LogP contribution in [0.4, 0.5) is 0 Å². The first-order chi connectivity index (χ1) is 9.79. The smallest absolute Gasteiger partial charge is 0.254 e. The van der Waals surface area contributed by atoms with Crippen LogP contribution in [0.3, 0.4) is 0 Å². The maximum Gasteiger partial charge on any atom is 0.254 e. The number of benzene rings is 1. The molecule has 2 fully saturated rings. The Morgan fingerprint density at radius 2 is 2.05 bits per heavy atom. The predicted molar refractivity (Wildman–Crippen MR) is 83.3 cm³/mol. The highest BCUT2D eigenvalue weighted by molar-refractivity contribution is 7.98. The largest absolute Gasteiger partial charge is 0.334 e. The molecule has 1 aromatic carbocycles. The molecule has 1 amide bonds. The summed E-state index contributed by atoms with van der Waals surface area (Å²) in [6.07, 6.45) is 6.79. The van der Waals surface area contributed by atoms with Gasteiger partial charge in [0.05, 0.1) is 0 Å². The second kappa shape index (κ2) is 6.19. The van der Waals surface area contributed by atoms with Crippen molar-refractivity contribution in [1.29, 1.82) is 0 Å². The van der Waals surface area contributed by atoms with Crippen LogP contribution in [-0.4, -0.2) is 42.2 Å². The summed E-state index contributed by atoms with van der Waals surface area (Å²) in [7, 11) is 0. The van der Waals surface area contributed by atoms with E-state index in [9.17, 15) is 4.79 Å². The summed E-state index contributed by atoms with van der Waals surface area (Å²) >= 11 is 1.71. The van der Waals surface area contributed by atoms with E-state index >= 15 is 0 Å². The van der Waals surface area contributed by atoms with E-state index in [-0.39, 0.29) is 5.91 Å². The number of hydrogen-bond acceptors (Lipinski definition) is 3. The fourth-order valence-electron chi connectivity index (χ4n) is 3.40. The molecule has 0 spiro atoms. The van der Waals surface area contributed by atoms with E-state index in [4.69, 9.17) is 0 Å². The molecular formula is C16H22N2OS. The zero-order valence-electron chi connectivity index (χ0n) is 12.0. The standard InChI is InChI=1S/C16H22N2OS/c1-20-13-8-6-12(7-9-13)16(19)18-11-3-5-15(18)14-4-2-10-17-14/h6-9,14-15,17H,2-5,10-11H2,1H3. The number of likely N-dealkylation sites (tertiary alicyclic amines) is 1. The third-order valence-corrected chi connectivity index (χ3v) is 5.20. The Labute approximate surface area is 125 Å². The van der Waals surface area contributed by atoms with Crippen molar-refractivity contribution in [3.05, 3.63) is 29.8 Å². The Hall–Kier alpha value is -1.00. The molecule has 108 valence electrons. The van der Waals surface area contributed by atoms with Crippen molar-refractivity contribution in [2.24, 2.45) is 0 Å². The third kappa shape index (κ3) is 2.72. The molecule has 2 unspecified atom stereocenters. The van der Waals surface area contributed by atoms with E-state index in [0.29, 0.717) is 12.1 Å². The van der Waals surface area contributed by atoms with Gasteiger partial charge in [0.1, 0.15) is 0 Å². The maximum atomic E-state index is 12.7. The van der Waals surface area contributed by atoms with Crippen LogP contribution in [0.5, 0.6) is 0 Å². The number of thioether (sulfide) groups is 1. The number of carbonyl (C=O) groups excluding carboxylic acids is 1. The van der Waals surface area contributed by atoms with Crippen molar-refractivity contribution in [1.82, 2.24) is 10.2 Å². The molecule has 1 N–H and O–H groups in total. The zero-order valence-corrected chi connectivity index (χ0v) is 12.8. The Morgan fingerprint density at radius 1 is 1.25 bits per heavy atom. The molecule has 0 aliphatic carbocycles. The normalized spacial score (nSPS) is 26.1. The van der Waals surface area contributed by atoms with E-state index < -0.39 is 0 Å². The zero-order chi connectivity index (χ0) is 13.9. The van der Waals surface area contributed by atoms with Crippen LogP contribution in [-0.2, 0) is 0 Å². The average molecular weight is 290 g/mol. The predicted octanol–water partition coefficient (Wildman–Crippen LogP) is 2.77. The van der Waals surface area contributed by atoms with Crippen LogP contribution < -0.4 is 5.32 Å². The first kappa shape index (κ1) is 14.0. The van der Waals surface area contributed by atoms with Gasteiger partial charge in [0.25, 0.3) is 5.91 Å². The van der Waals surface area contributed by atoms with Crippen LogP contribution in [0.2, 0.25) is 0 Å². The summed E-state index contributed by atoms with van der Waals surface area (Å²) in [5.74, 6) is 0.203. The highest BCUT2D eigenvalue weighted by Gasteiger charge is 2.36. The summed E-state index contributed by atoms with van der Waals surface area (Å²) in [5.41, 5.74) is 0.827. The third-order valence-electron chi connectivity index (χ3n) is 4.46. The lowest BCUT2D eigenvalue weighted by Gasteiger charge is -2.29. The molecule has 0 aromatic heterocycles. The minimum atomic E-state index is 0.203. The highest BCUT2D eigenvalue weighted by Crippen LogP contribution is 2.27. The lowest BCUT2D eigenvalue weighted by Crippen LogP contribution is -2.46. The van der Waals surface area contributed by atoms with Gasteiger partial charge in [-0.3, -0.25) is 4.79 Å². The van der Waals surface area contributed by atoms with E-state index in [1.54, 1.807) is 11.8 Å². The van der Waals surface area contributed by atoms with Crippen LogP contribution in [0.1, 0.15) is 36.0 Å². The molecule has 2 aliphatic rings. The first-order valence-corrected chi connectivity index (χ1v) is 8.70. The lowest BCUT2D eigenvalue weighted by atomic mass is 10.0. The van der Waals surface area contributed by atoms with Gasteiger partial charge in [-0.15, -0.1) is 11.8 Å². The minimum Gasteiger partial charge on any atom is -0.334 e. The second-order valence-corrected chi connectivity index (χ2v) is 6.52. The molecular weight excluding hydrogens is 268 g/mol. The SMILES string of the molecule is CSc1ccc(C(=O)N2CCCC2C2CCCN2)cc1. The van der Waals surface area contributed by atoms with Gasteiger partial charge in [-0.25, -0.2) is 0 Å². The van der Waals surface area contributed by atoms with Crippen molar-refractivity contribution >= 4 is 17.7 Å². The van der Waals surface area contributed by atoms with Crippen LogP contribution in [0, 0.1) is 0 Å². The van der Waals surface area contributed by atoms with Crippen molar-refractivity contribution < 1.29 is 4.79 Å². The van der Waals surface area contributed by atoms with E-state index in [0.717, 1.165) is 31.5 Å².